The molecule has 6 aliphatic rings. The molecular weight excluding hydrogens is 558 g/mol. The van der Waals surface area contributed by atoms with Gasteiger partial charge in [0.2, 0.25) is 0 Å². The summed E-state index contributed by atoms with van der Waals surface area (Å²) in [6.45, 7) is 19.7. The number of quaternary nitrogens is 2. The Morgan fingerprint density at radius 1 is 0.579 bits per heavy atom. The van der Waals surface area contributed by atoms with Crippen LogP contribution in [-0.4, -0.2) is 104 Å². The summed E-state index contributed by atoms with van der Waals surface area (Å²) in [6, 6.07) is 17.3. The van der Waals surface area contributed by atoms with Gasteiger partial charge >= 0.3 is 0 Å². The number of benzene rings is 2. The molecule has 0 unspecified atom stereocenters. The van der Waals surface area contributed by atoms with E-state index in [0.717, 1.165) is 17.5 Å². The van der Waals surface area contributed by atoms with Crippen molar-refractivity contribution in [3.63, 3.8) is 0 Å². The summed E-state index contributed by atoms with van der Waals surface area (Å²) in [5.41, 5.74) is 5.26. The zero-order valence-corrected chi connectivity index (χ0v) is 26.3. The quantitative estimate of drug-likeness (QED) is 0.314. The van der Waals surface area contributed by atoms with Crippen LogP contribution in [0.3, 0.4) is 0 Å². The molecule has 0 radical (unpaired) electrons. The maximum atomic E-state index is 5.59. The summed E-state index contributed by atoms with van der Waals surface area (Å²) in [5, 5.41) is 0. The van der Waals surface area contributed by atoms with Gasteiger partial charge in [0.05, 0.1) is 7.05 Å². The van der Waals surface area contributed by atoms with E-state index < -0.39 is 0 Å². The normalized spacial score (nSPS) is 28.5. The highest BCUT2D eigenvalue weighted by Crippen LogP contribution is 2.27. The van der Waals surface area contributed by atoms with Crippen molar-refractivity contribution in [2.24, 2.45) is 0 Å². The summed E-state index contributed by atoms with van der Waals surface area (Å²) >= 11 is 11.2. The predicted octanol–water partition coefficient (Wildman–Crippen LogP) is -1.17. The van der Waals surface area contributed by atoms with Gasteiger partial charge in [0.25, 0.3) is 0 Å². The lowest BCUT2D eigenvalue weighted by atomic mass is 10.0. The molecule has 0 amide bonds. The Hall–Kier alpha value is -0.560. The van der Waals surface area contributed by atoms with Crippen molar-refractivity contribution in [3.05, 3.63) is 70.8 Å². The molecule has 8 heteroatoms. The molecule has 2 aromatic rings. The fourth-order valence-corrected chi connectivity index (χ4v) is 6.13. The molecule has 2 aromatic carbocycles. The second-order valence-electron chi connectivity index (χ2n) is 11.4. The Morgan fingerprint density at radius 3 is 1.24 bits per heavy atom. The van der Waals surface area contributed by atoms with Gasteiger partial charge in [-0.15, -0.1) is 23.2 Å². The van der Waals surface area contributed by atoms with Gasteiger partial charge in [-0.3, -0.25) is 9.80 Å². The van der Waals surface area contributed by atoms with Crippen molar-refractivity contribution in [1.82, 2.24) is 9.80 Å². The summed E-state index contributed by atoms with van der Waals surface area (Å²) < 4.78 is 2.67. The molecule has 0 aromatic heterocycles. The van der Waals surface area contributed by atoms with Crippen LogP contribution in [0.15, 0.2) is 48.5 Å². The van der Waals surface area contributed by atoms with Gasteiger partial charge in [0.15, 0.2) is 0 Å². The van der Waals surface area contributed by atoms with Crippen LogP contribution in [0.25, 0.3) is 0 Å². The van der Waals surface area contributed by atoms with Crippen molar-refractivity contribution in [1.29, 1.82) is 0 Å². The van der Waals surface area contributed by atoms with Crippen LogP contribution in [0.4, 0.5) is 0 Å². The molecule has 0 N–H and O–H groups in total. The number of aryl methyl sites for hydroxylation is 1. The third kappa shape index (κ3) is 9.52. The van der Waals surface area contributed by atoms with Gasteiger partial charge in [0.1, 0.15) is 45.8 Å². The van der Waals surface area contributed by atoms with E-state index in [1.54, 1.807) is 0 Å². The largest absolute Gasteiger partial charge is 1.00 e. The highest BCUT2D eigenvalue weighted by Gasteiger charge is 2.46. The Kier molecular flexibility index (Phi) is 14.2. The molecule has 6 aliphatic heterocycles. The lowest BCUT2D eigenvalue weighted by molar-refractivity contribution is -1.08. The molecule has 0 spiro atoms. The number of hydrogen-bond donors (Lipinski definition) is 0. The minimum absolute atomic E-state index is 0. The summed E-state index contributed by atoms with van der Waals surface area (Å²) in [6.07, 6.45) is 1.15. The molecule has 8 rings (SSSR count). The molecule has 38 heavy (non-hydrogen) atoms. The Morgan fingerprint density at radius 2 is 0.921 bits per heavy atom. The molecule has 0 saturated carbocycles. The molecule has 6 saturated heterocycles. The second-order valence-corrected chi connectivity index (χ2v) is 11.9. The second kappa shape index (κ2) is 16.0. The number of fused-ring (bicyclic) bond motifs is 6. The maximum absolute atomic E-state index is 5.59. The summed E-state index contributed by atoms with van der Waals surface area (Å²) in [7, 11) is 2.43. The van der Waals surface area contributed by atoms with Crippen molar-refractivity contribution in [2.75, 3.05) is 85.6 Å². The van der Waals surface area contributed by atoms with E-state index in [9.17, 15) is 0 Å². The van der Waals surface area contributed by atoms with Gasteiger partial charge in [0, 0.05) is 56.6 Å². The van der Waals surface area contributed by atoms with Crippen molar-refractivity contribution < 1.29 is 33.8 Å². The lowest BCUT2D eigenvalue weighted by Gasteiger charge is -2.54. The first-order chi connectivity index (χ1) is 17.4. The Labute approximate surface area is 253 Å². The zero-order chi connectivity index (χ0) is 25.4. The number of piperazine rings is 6. The average molecular weight is 605 g/mol. The minimum atomic E-state index is 0. The SMILES string of the molecule is C1CN2CCN1CC2.CCc1ccc(C[N+]23CC[N+](C)(CC2)CC3)cc1.ClCc1ccc(CCl)cc1.[Cl-].[Cl-]. The number of rotatable bonds is 5. The van der Waals surface area contributed by atoms with E-state index in [2.05, 4.69) is 48.0 Å². The molecule has 4 bridgehead atoms. The molecule has 6 heterocycles. The predicted molar refractivity (Wildman–Crippen MR) is 154 cm³/mol. The lowest BCUT2D eigenvalue weighted by Crippen LogP contribution is -3.00. The standard InChI is InChI=1S/C16H26N2.C8H8Cl2.C6H12N2.2ClH/c1-3-15-4-6-16(7-5-15)14-18-11-8-17(2,9-12-18)10-13-18;9-5-7-1-2-8(6-10)4-3-7;1-2-8-5-3-7(1)4-6-8;;/h4-7H,3,8-14H2,1-2H3;1-4H,5-6H2;1-6H2;2*1H/q+2;;;;/p-2. The number of halogens is 4. The Bertz CT molecular complexity index is 860. The van der Waals surface area contributed by atoms with Crippen LogP contribution in [0, 0.1) is 0 Å². The van der Waals surface area contributed by atoms with Crippen LogP contribution in [0.5, 0.6) is 0 Å². The van der Waals surface area contributed by atoms with E-state index in [1.807, 2.05) is 24.3 Å². The van der Waals surface area contributed by atoms with Gasteiger partial charge in [-0.2, -0.15) is 0 Å². The van der Waals surface area contributed by atoms with Crippen LogP contribution in [0.2, 0.25) is 0 Å². The van der Waals surface area contributed by atoms with E-state index in [-0.39, 0.29) is 24.8 Å². The number of hydrogen-bond acceptors (Lipinski definition) is 2. The number of nitrogens with zero attached hydrogens (tertiary/aromatic N) is 4. The smallest absolute Gasteiger partial charge is 0.129 e. The maximum Gasteiger partial charge on any atom is 0.129 e. The number of likely N-dealkylation sites (N-methyl/N-ethyl adjacent to an activating group) is 1. The van der Waals surface area contributed by atoms with Crippen LogP contribution < -0.4 is 24.8 Å². The summed E-state index contributed by atoms with van der Waals surface area (Å²) in [4.78, 5) is 5.08. The van der Waals surface area contributed by atoms with E-state index in [0.29, 0.717) is 11.8 Å². The summed E-state index contributed by atoms with van der Waals surface area (Å²) in [5.74, 6) is 1.14. The molecule has 214 valence electrons. The molecule has 0 atom stereocenters. The highest BCUT2D eigenvalue weighted by molar-refractivity contribution is 6.17. The van der Waals surface area contributed by atoms with Crippen LogP contribution in [-0.2, 0) is 24.7 Å². The molecule has 6 fully saturated rings. The van der Waals surface area contributed by atoms with E-state index in [1.165, 1.54) is 105 Å². The van der Waals surface area contributed by atoms with Gasteiger partial charge < -0.3 is 33.8 Å². The third-order valence-electron chi connectivity index (χ3n) is 8.82. The van der Waals surface area contributed by atoms with Gasteiger partial charge in [-0.1, -0.05) is 55.5 Å². The van der Waals surface area contributed by atoms with Crippen LogP contribution in [0.1, 0.15) is 29.2 Å². The Balaban J connectivity index is 0.000000215. The average Bonchev–Trinajstić information content (AvgIpc) is 2.96. The minimum Gasteiger partial charge on any atom is -1.00 e. The molecule has 4 nitrogen and oxygen atoms in total. The van der Waals surface area contributed by atoms with Crippen molar-refractivity contribution >= 4 is 23.2 Å². The molecular formula is C30H46Cl4N4. The monoisotopic (exact) mass is 602 g/mol. The number of alkyl halides is 2. The molecule has 0 aliphatic carbocycles. The first-order valence-electron chi connectivity index (χ1n) is 13.9. The van der Waals surface area contributed by atoms with E-state index in [4.69, 9.17) is 23.2 Å². The van der Waals surface area contributed by atoms with Crippen LogP contribution >= 0.6 is 23.2 Å². The van der Waals surface area contributed by atoms with Crippen molar-refractivity contribution in [2.45, 2.75) is 31.6 Å². The first kappa shape index (κ1) is 33.6. The fourth-order valence-electron chi connectivity index (χ4n) is 5.77. The van der Waals surface area contributed by atoms with Gasteiger partial charge in [-0.25, -0.2) is 0 Å². The third-order valence-corrected chi connectivity index (χ3v) is 9.44. The van der Waals surface area contributed by atoms with Crippen molar-refractivity contribution in [3.8, 4) is 0 Å². The first-order valence-corrected chi connectivity index (χ1v) is 14.9. The fraction of sp³-hybridized carbons (Fsp3) is 0.600. The highest BCUT2D eigenvalue weighted by atomic mass is 35.5. The van der Waals surface area contributed by atoms with Gasteiger partial charge in [-0.05, 0) is 23.1 Å². The zero-order valence-electron chi connectivity index (χ0n) is 23.2. The topological polar surface area (TPSA) is 6.48 Å². The van der Waals surface area contributed by atoms with E-state index >= 15 is 0 Å².